The van der Waals surface area contributed by atoms with Crippen LogP contribution in [0, 0.1) is 11.8 Å². The number of anilines is 1. The molecule has 1 aromatic carbocycles. The Morgan fingerprint density at radius 3 is 2.77 bits per heavy atom. The van der Waals surface area contributed by atoms with Crippen LogP contribution < -0.4 is 4.90 Å². The second-order valence-electron chi connectivity index (χ2n) is 7.77. The number of carbonyl (C=O) groups is 1. The minimum absolute atomic E-state index is 0.315. The lowest BCUT2D eigenvalue weighted by Crippen LogP contribution is -2.37. The summed E-state index contributed by atoms with van der Waals surface area (Å²) < 4.78 is 0. The van der Waals surface area contributed by atoms with E-state index < -0.39 is 5.60 Å². The highest BCUT2D eigenvalue weighted by molar-refractivity contribution is 5.91. The Kier molecular flexibility index (Phi) is 4.37. The van der Waals surface area contributed by atoms with E-state index in [9.17, 15) is 9.90 Å². The minimum atomic E-state index is -1.61. The van der Waals surface area contributed by atoms with Crippen LogP contribution in [0.1, 0.15) is 18.4 Å². The molecule has 30 heavy (non-hydrogen) atoms. The van der Waals surface area contributed by atoms with Crippen molar-refractivity contribution in [3.05, 3.63) is 48.3 Å². The molecular formula is C23H21N5O2. The number of amides is 1. The highest BCUT2D eigenvalue weighted by atomic mass is 16.3. The molecule has 150 valence electrons. The quantitative estimate of drug-likeness (QED) is 0.663. The molecule has 1 amide bonds. The number of nitrogens with zero attached hydrogens (tertiary/aromatic N) is 5. The fraction of sp³-hybridized carbons (Fsp3) is 0.304. The number of benzene rings is 1. The Morgan fingerprint density at radius 1 is 1.17 bits per heavy atom. The molecule has 4 heterocycles. The Morgan fingerprint density at radius 2 is 2.03 bits per heavy atom. The van der Waals surface area contributed by atoms with Gasteiger partial charge in [0.05, 0.1) is 0 Å². The van der Waals surface area contributed by atoms with Gasteiger partial charge in [-0.2, -0.15) is 0 Å². The molecule has 7 heteroatoms. The predicted octanol–water partition coefficient (Wildman–Crippen LogP) is 1.85. The van der Waals surface area contributed by atoms with Crippen molar-refractivity contribution in [2.75, 3.05) is 31.6 Å². The maximum atomic E-state index is 12.1. The van der Waals surface area contributed by atoms with Gasteiger partial charge in [-0.25, -0.2) is 15.0 Å². The van der Waals surface area contributed by atoms with Gasteiger partial charge in [0.15, 0.2) is 11.6 Å². The lowest BCUT2D eigenvalue weighted by Gasteiger charge is -2.32. The lowest BCUT2D eigenvalue weighted by molar-refractivity contribution is -0.137. The largest absolute Gasteiger partial charge is 0.369 e. The van der Waals surface area contributed by atoms with E-state index >= 15 is 0 Å². The number of fused-ring (bicyclic) bond motifs is 1. The number of carbonyl (C=O) groups excluding carboxylic acids is 1. The lowest BCUT2D eigenvalue weighted by atomic mass is 10.0. The maximum absolute atomic E-state index is 12.1. The average Bonchev–Trinajstić information content (AvgIpc) is 2.99. The van der Waals surface area contributed by atoms with Crippen molar-refractivity contribution in [3.63, 3.8) is 0 Å². The summed E-state index contributed by atoms with van der Waals surface area (Å²) >= 11 is 0. The SMILES string of the molecule is CN1CC[C@](O)(C#Cc2cccc(-c3ncc4ccnc(N5CCC5)c4n3)c2)C1=O. The third kappa shape index (κ3) is 3.15. The molecule has 0 unspecified atom stereocenters. The van der Waals surface area contributed by atoms with Crippen molar-refractivity contribution in [2.24, 2.45) is 0 Å². The molecule has 0 radical (unpaired) electrons. The highest BCUT2D eigenvalue weighted by Gasteiger charge is 2.42. The van der Waals surface area contributed by atoms with Crippen molar-refractivity contribution in [1.29, 1.82) is 0 Å². The summed E-state index contributed by atoms with van der Waals surface area (Å²) in [6.45, 7) is 2.49. The zero-order valence-electron chi connectivity index (χ0n) is 16.7. The molecule has 0 saturated carbocycles. The van der Waals surface area contributed by atoms with Gasteiger partial charge in [-0.1, -0.05) is 24.0 Å². The second-order valence-corrected chi connectivity index (χ2v) is 7.77. The minimum Gasteiger partial charge on any atom is -0.369 e. The van der Waals surface area contributed by atoms with Crippen molar-refractivity contribution < 1.29 is 9.90 Å². The third-order valence-corrected chi connectivity index (χ3v) is 5.68. The van der Waals surface area contributed by atoms with Crippen LogP contribution in [0.4, 0.5) is 5.82 Å². The first kappa shape index (κ1) is 18.5. The van der Waals surface area contributed by atoms with E-state index in [2.05, 4.69) is 26.7 Å². The summed E-state index contributed by atoms with van der Waals surface area (Å²) in [4.78, 5) is 29.7. The molecule has 2 fully saturated rings. The second kappa shape index (κ2) is 7.08. The van der Waals surface area contributed by atoms with Crippen LogP contribution in [0.3, 0.4) is 0 Å². The van der Waals surface area contributed by atoms with Crippen LogP contribution >= 0.6 is 0 Å². The van der Waals surface area contributed by atoms with Gasteiger partial charge >= 0.3 is 0 Å². The highest BCUT2D eigenvalue weighted by Crippen LogP contribution is 2.28. The van der Waals surface area contributed by atoms with E-state index in [4.69, 9.17) is 4.98 Å². The smallest absolute Gasteiger partial charge is 0.267 e. The van der Waals surface area contributed by atoms with Crippen molar-refractivity contribution >= 4 is 22.6 Å². The molecule has 2 aliphatic rings. The van der Waals surface area contributed by atoms with E-state index in [-0.39, 0.29) is 5.91 Å². The molecule has 0 aliphatic carbocycles. The third-order valence-electron chi connectivity index (χ3n) is 5.68. The molecule has 5 rings (SSSR count). The molecule has 7 nitrogen and oxygen atoms in total. The molecule has 2 aliphatic heterocycles. The summed E-state index contributed by atoms with van der Waals surface area (Å²) in [6.07, 6.45) is 5.09. The number of rotatable bonds is 2. The Balaban J connectivity index is 1.50. The molecule has 3 aromatic rings. The van der Waals surface area contributed by atoms with Gasteiger partial charge in [0, 0.05) is 62.0 Å². The van der Waals surface area contributed by atoms with Gasteiger partial charge in [-0.15, -0.1) is 0 Å². The number of aromatic nitrogens is 3. The van der Waals surface area contributed by atoms with Crippen LogP contribution in [0.5, 0.6) is 0 Å². The number of aliphatic hydroxyl groups is 1. The maximum Gasteiger partial charge on any atom is 0.267 e. The first-order valence-corrected chi connectivity index (χ1v) is 10.0. The topological polar surface area (TPSA) is 82.4 Å². The van der Waals surface area contributed by atoms with Gasteiger partial charge < -0.3 is 14.9 Å². The first-order chi connectivity index (χ1) is 14.5. The van der Waals surface area contributed by atoms with Crippen molar-refractivity contribution in [1.82, 2.24) is 19.9 Å². The zero-order chi connectivity index (χ0) is 20.7. The van der Waals surface area contributed by atoms with Crippen LogP contribution in [0.2, 0.25) is 0 Å². The molecule has 2 aromatic heterocycles. The van der Waals surface area contributed by atoms with Gasteiger partial charge in [0.1, 0.15) is 5.52 Å². The van der Waals surface area contributed by atoms with E-state index in [0.29, 0.717) is 24.4 Å². The predicted molar refractivity (Wildman–Crippen MR) is 114 cm³/mol. The van der Waals surface area contributed by atoms with E-state index in [0.717, 1.165) is 35.4 Å². The number of likely N-dealkylation sites (tertiary alicyclic amines) is 1. The summed E-state index contributed by atoms with van der Waals surface area (Å²) in [7, 11) is 1.67. The van der Waals surface area contributed by atoms with Gasteiger partial charge in [-0.3, -0.25) is 4.79 Å². The monoisotopic (exact) mass is 399 g/mol. The van der Waals surface area contributed by atoms with Crippen LogP contribution in [0.15, 0.2) is 42.7 Å². The van der Waals surface area contributed by atoms with Crippen LogP contribution in [-0.2, 0) is 4.79 Å². The molecular weight excluding hydrogens is 378 g/mol. The number of pyridine rings is 1. The Labute approximate surface area is 174 Å². The molecule has 2 saturated heterocycles. The van der Waals surface area contributed by atoms with Crippen molar-refractivity contribution in [3.8, 4) is 23.2 Å². The van der Waals surface area contributed by atoms with E-state index in [1.165, 1.54) is 11.3 Å². The normalized spacial score (nSPS) is 20.8. The van der Waals surface area contributed by atoms with Gasteiger partial charge in [-0.05, 0) is 24.6 Å². The molecule has 1 atom stereocenters. The molecule has 1 N–H and O–H groups in total. The van der Waals surface area contributed by atoms with Gasteiger partial charge in [0.25, 0.3) is 5.91 Å². The fourth-order valence-electron chi connectivity index (χ4n) is 3.72. The van der Waals surface area contributed by atoms with E-state index in [1.54, 1.807) is 13.2 Å². The Bertz CT molecular complexity index is 1210. The fourth-order valence-corrected chi connectivity index (χ4v) is 3.72. The summed E-state index contributed by atoms with van der Waals surface area (Å²) in [6, 6.07) is 9.44. The zero-order valence-corrected chi connectivity index (χ0v) is 16.7. The summed E-state index contributed by atoms with van der Waals surface area (Å²) in [5.74, 6) is 6.84. The molecule has 0 bridgehead atoms. The molecule has 0 spiro atoms. The van der Waals surface area contributed by atoms with Gasteiger partial charge in [0.2, 0.25) is 5.60 Å². The first-order valence-electron chi connectivity index (χ1n) is 10.0. The number of likely N-dealkylation sites (N-methyl/N-ethyl adjacent to an activating group) is 1. The standard InChI is InChI=1S/C23H21N5O2/c1-27-13-9-23(30,22(27)29)8-6-16-4-2-5-17(14-16)20-25-15-18-7-10-24-21(19(18)26-20)28-11-3-12-28/h2,4-5,7,10,14-15,30H,3,9,11-13H2,1H3/t23-/m1/s1. The average molecular weight is 399 g/mol. The number of hydrogen-bond donors (Lipinski definition) is 1. The Hall–Kier alpha value is -3.50. The summed E-state index contributed by atoms with van der Waals surface area (Å²) in [5, 5.41) is 11.5. The van der Waals surface area contributed by atoms with E-state index in [1.807, 2.05) is 36.5 Å². The summed E-state index contributed by atoms with van der Waals surface area (Å²) in [5.41, 5.74) is 0.750. The van der Waals surface area contributed by atoms with Crippen LogP contribution in [0.25, 0.3) is 22.3 Å². The van der Waals surface area contributed by atoms with Crippen LogP contribution in [-0.4, -0.2) is 63.1 Å². The number of hydrogen-bond acceptors (Lipinski definition) is 6. The van der Waals surface area contributed by atoms with Crippen molar-refractivity contribution in [2.45, 2.75) is 18.4 Å².